The van der Waals surface area contributed by atoms with Crippen LogP contribution in [0.4, 0.5) is 0 Å². The summed E-state index contributed by atoms with van der Waals surface area (Å²) in [5.41, 5.74) is 1.21. The van der Waals surface area contributed by atoms with Crippen LogP contribution < -0.4 is 9.47 Å². The van der Waals surface area contributed by atoms with Crippen LogP contribution in [-0.2, 0) is 11.2 Å². The van der Waals surface area contributed by atoms with E-state index in [9.17, 15) is 5.11 Å². The number of hydrogen-bond donors (Lipinski definition) is 1. The van der Waals surface area contributed by atoms with Crippen molar-refractivity contribution >= 4 is 0 Å². The summed E-state index contributed by atoms with van der Waals surface area (Å²) in [4.78, 5) is 0. The zero-order valence-corrected chi connectivity index (χ0v) is 9.59. The average Bonchev–Trinajstić information content (AvgIpc) is 2.96. The van der Waals surface area contributed by atoms with Gasteiger partial charge in [-0.15, -0.1) is 0 Å². The Labute approximate surface area is 100 Å². The van der Waals surface area contributed by atoms with E-state index >= 15 is 0 Å². The molecule has 0 spiro atoms. The van der Waals surface area contributed by atoms with Gasteiger partial charge in [0.15, 0.2) is 11.5 Å². The van der Waals surface area contributed by atoms with Crippen LogP contribution in [0.5, 0.6) is 11.5 Å². The highest BCUT2D eigenvalue weighted by atomic mass is 16.7. The van der Waals surface area contributed by atoms with Gasteiger partial charge in [-0.1, -0.05) is 6.07 Å². The lowest BCUT2D eigenvalue weighted by atomic mass is 9.90. The summed E-state index contributed by atoms with van der Waals surface area (Å²) in [5.74, 6) is 2.30. The first-order valence-corrected chi connectivity index (χ1v) is 5.94. The Morgan fingerprint density at radius 3 is 2.82 bits per heavy atom. The molecule has 4 nitrogen and oxygen atoms in total. The normalized spacial score (nSPS) is 26.4. The number of aliphatic hydroxyl groups excluding tert-OH is 1. The molecule has 1 aromatic rings. The van der Waals surface area contributed by atoms with Crippen LogP contribution in [0, 0.1) is 11.8 Å². The van der Waals surface area contributed by atoms with Gasteiger partial charge in [-0.25, -0.2) is 0 Å². The van der Waals surface area contributed by atoms with Crippen LogP contribution in [-0.4, -0.2) is 31.7 Å². The molecule has 0 aliphatic carbocycles. The topological polar surface area (TPSA) is 47.9 Å². The van der Waals surface area contributed by atoms with Gasteiger partial charge in [0.1, 0.15) is 0 Å². The van der Waals surface area contributed by atoms with Gasteiger partial charge in [0.05, 0.1) is 13.2 Å². The standard InChI is InChI=1S/C13H16O4/c14-5-11-7-15-6-10(11)3-9-1-2-12-13(4-9)17-8-16-12/h1-2,4,10-11,14H,3,5-8H2. The predicted molar refractivity (Wildman–Crippen MR) is 61.2 cm³/mol. The predicted octanol–water partition coefficient (Wildman–Crippen LogP) is 1.21. The summed E-state index contributed by atoms with van der Waals surface area (Å²) in [7, 11) is 0. The van der Waals surface area contributed by atoms with Crippen molar-refractivity contribution in [3.8, 4) is 11.5 Å². The molecule has 0 saturated carbocycles. The third-order valence-corrected chi connectivity index (χ3v) is 3.50. The molecule has 2 aliphatic heterocycles. The Bertz CT molecular complexity index is 404. The monoisotopic (exact) mass is 236 g/mol. The van der Waals surface area contributed by atoms with Gasteiger partial charge < -0.3 is 19.3 Å². The molecule has 1 N–H and O–H groups in total. The molecule has 2 atom stereocenters. The van der Waals surface area contributed by atoms with E-state index in [2.05, 4.69) is 6.07 Å². The van der Waals surface area contributed by atoms with Crippen molar-refractivity contribution in [2.24, 2.45) is 11.8 Å². The van der Waals surface area contributed by atoms with E-state index < -0.39 is 0 Å². The minimum absolute atomic E-state index is 0.204. The number of hydrogen-bond acceptors (Lipinski definition) is 4. The van der Waals surface area contributed by atoms with Gasteiger partial charge >= 0.3 is 0 Å². The van der Waals surface area contributed by atoms with E-state index in [4.69, 9.17) is 14.2 Å². The minimum Gasteiger partial charge on any atom is -0.454 e. The van der Waals surface area contributed by atoms with Crippen LogP contribution in [0.3, 0.4) is 0 Å². The van der Waals surface area contributed by atoms with Crippen molar-refractivity contribution in [2.75, 3.05) is 26.6 Å². The van der Waals surface area contributed by atoms with Gasteiger partial charge in [-0.2, -0.15) is 0 Å². The van der Waals surface area contributed by atoms with Crippen molar-refractivity contribution < 1.29 is 19.3 Å². The Kier molecular flexibility index (Phi) is 2.91. The van der Waals surface area contributed by atoms with E-state index in [1.807, 2.05) is 12.1 Å². The van der Waals surface area contributed by atoms with Crippen molar-refractivity contribution in [3.63, 3.8) is 0 Å². The second kappa shape index (κ2) is 4.55. The Morgan fingerprint density at radius 1 is 1.12 bits per heavy atom. The van der Waals surface area contributed by atoms with Gasteiger partial charge in [0.25, 0.3) is 0 Å². The van der Waals surface area contributed by atoms with E-state index in [-0.39, 0.29) is 12.5 Å². The Hall–Kier alpha value is -1.26. The zero-order chi connectivity index (χ0) is 11.7. The second-order valence-electron chi connectivity index (χ2n) is 4.63. The lowest BCUT2D eigenvalue weighted by molar-refractivity contribution is 0.160. The Morgan fingerprint density at radius 2 is 1.94 bits per heavy atom. The van der Waals surface area contributed by atoms with E-state index in [1.54, 1.807) is 0 Å². The highest BCUT2D eigenvalue weighted by Gasteiger charge is 2.28. The summed E-state index contributed by atoms with van der Waals surface area (Å²) < 4.78 is 16.0. The first-order chi connectivity index (χ1) is 8.36. The van der Waals surface area contributed by atoms with Gasteiger partial charge in [-0.3, -0.25) is 0 Å². The fourth-order valence-corrected chi connectivity index (χ4v) is 2.44. The van der Waals surface area contributed by atoms with E-state index in [0.29, 0.717) is 19.3 Å². The zero-order valence-electron chi connectivity index (χ0n) is 9.59. The highest BCUT2D eigenvalue weighted by Crippen LogP contribution is 2.34. The van der Waals surface area contributed by atoms with Crippen molar-refractivity contribution in [1.29, 1.82) is 0 Å². The molecule has 1 fully saturated rings. The SMILES string of the molecule is OCC1COCC1Cc1ccc2c(c1)OCO2. The Balaban J connectivity index is 1.72. The lowest BCUT2D eigenvalue weighted by Crippen LogP contribution is -2.18. The molecule has 0 bridgehead atoms. The maximum Gasteiger partial charge on any atom is 0.231 e. The quantitative estimate of drug-likeness (QED) is 0.857. The van der Waals surface area contributed by atoms with Crippen LogP contribution in [0.2, 0.25) is 0 Å². The molecule has 2 unspecified atom stereocenters. The van der Waals surface area contributed by atoms with E-state index in [1.165, 1.54) is 5.56 Å². The van der Waals surface area contributed by atoms with Crippen LogP contribution in [0.1, 0.15) is 5.56 Å². The molecule has 1 saturated heterocycles. The summed E-state index contributed by atoms with van der Waals surface area (Å²) in [6, 6.07) is 6.02. The molecule has 92 valence electrons. The molecule has 2 heterocycles. The lowest BCUT2D eigenvalue weighted by Gasteiger charge is -2.15. The molecule has 0 amide bonds. The van der Waals surface area contributed by atoms with Crippen LogP contribution in [0.25, 0.3) is 0 Å². The maximum atomic E-state index is 9.24. The van der Waals surface area contributed by atoms with Crippen molar-refractivity contribution in [1.82, 2.24) is 0 Å². The summed E-state index contributed by atoms with van der Waals surface area (Å²) in [5, 5.41) is 9.24. The summed E-state index contributed by atoms with van der Waals surface area (Å²) in [6.07, 6.45) is 0.919. The van der Waals surface area contributed by atoms with Crippen LogP contribution in [0.15, 0.2) is 18.2 Å². The van der Waals surface area contributed by atoms with Gasteiger partial charge in [-0.05, 0) is 30.0 Å². The fourth-order valence-electron chi connectivity index (χ4n) is 2.44. The smallest absolute Gasteiger partial charge is 0.231 e. The first kappa shape index (κ1) is 10.9. The number of aliphatic hydroxyl groups is 1. The number of fused-ring (bicyclic) bond motifs is 1. The number of benzene rings is 1. The molecule has 3 rings (SSSR count). The molecule has 1 aromatic carbocycles. The molecular weight excluding hydrogens is 220 g/mol. The molecule has 0 aromatic heterocycles. The summed E-state index contributed by atoms with van der Waals surface area (Å²) in [6.45, 7) is 1.92. The minimum atomic E-state index is 0.204. The van der Waals surface area contributed by atoms with Crippen molar-refractivity contribution in [2.45, 2.75) is 6.42 Å². The van der Waals surface area contributed by atoms with Gasteiger partial charge in [0, 0.05) is 12.5 Å². The molecule has 2 aliphatic rings. The molecule has 4 heteroatoms. The highest BCUT2D eigenvalue weighted by molar-refractivity contribution is 5.44. The number of ether oxygens (including phenoxy) is 3. The van der Waals surface area contributed by atoms with Gasteiger partial charge in [0.2, 0.25) is 6.79 Å². The largest absolute Gasteiger partial charge is 0.454 e. The third-order valence-electron chi connectivity index (χ3n) is 3.50. The molecule has 0 radical (unpaired) electrons. The van der Waals surface area contributed by atoms with E-state index in [0.717, 1.165) is 24.5 Å². The van der Waals surface area contributed by atoms with Crippen LogP contribution >= 0.6 is 0 Å². The molecule has 17 heavy (non-hydrogen) atoms. The maximum absolute atomic E-state index is 9.24. The molecular formula is C13H16O4. The van der Waals surface area contributed by atoms with Crippen molar-refractivity contribution in [3.05, 3.63) is 23.8 Å². The fraction of sp³-hybridized carbons (Fsp3) is 0.538. The first-order valence-electron chi connectivity index (χ1n) is 5.94. The number of rotatable bonds is 3. The average molecular weight is 236 g/mol. The summed E-state index contributed by atoms with van der Waals surface area (Å²) >= 11 is 0. The third kappa shape index (κ3) is 2.10. The second-order valence-corrected chi connectivity index (χ2v) is 4.63.